The maximum atomic E-state index is 12.3. The van der Waals surface area contributed by atoms with Gasteiger partial charge in [0.05, 0.1) is 55.3 Å². The highest BCUT2D eigenvalue weighted by atomic mass is 35.5. The molecule has 0 aliphatic carbocycles. The first-order valence-corrected chi connectivity index (χ1v) is 15.6. The van der Waals surface area contributed by atoms with E-state index in [9.17, 15) is 4.79 Å². The molecule has 3 aliphatic rings. The Balaban J connectivity index is 1.36. The number of nitrogens with zero attached hydrogens (tertiary/aromatic N) is 3. The van der Waals surface area contributed by atoms with Gasteiger partial charge in [-0.05, 0) is 31.1 Å². The third-order valence-electron chi connectivity index (χ3n) is 8.70. The van der Waals surface area contributed by atoms with Crippen molar-refractivity contribution in [1.29, 1.82) is 0 Å². The quantitative estimate of drug-likeness (QED) is 0.247. The van der Waals surface area contributed by atoms with Crippen molar-refractivity contribution in [2.45, 2.75) is 37.5 Å². The third kappa shape index (κ3) is 6.32. The van der Waals surface area contributed by atoms with E-state index in [1.54, 1.807) is 20.3 Å². The molecule has 0 spiro atoms. The predicted molar refractivity (Wildman–Crippen MR) is 172 cm³/mol. The summed E-state index contributed by atoms with van der Waals surface area (Å²) >= 11 is 13.6. The first kappa shape index (κ1) is 30.9. The number of carbonyl (C=O) groups excluding carboxylic acids is 1. The zero-order valence-electron chi connectivity index (χ0n) is 24.9. The van der Waals surface area contributed by atoms with Crippen molar-refractivity contribution in [3.8, 4) is 22.8 Å². The van der Waals surface area contributed by atoms with E-state index in [0.717, 1.165) is 56.5 Å². The van der Waals surface area contributed by atoms with E-state index in [0.29, 0.717) is 63.4 Å². The molecule has 0 radical (unpaired) electrons. The predicted octanol–water partition coefficient (Wildman–Crippen LogP) is 5.47. The van der Waals surface area contributed by atoms with E-state index in [2.05, 4.69) is 22.1 Å². The number of halogens is 2. The van der Waals surface area contributed by atoms with Gasteiger partial charge in [0, 0.05) is 73.2 Å². The Morgan fingerprint density at radius 2 is 1.93 bits per heavy atom. The fourth-order valence-corrected chi connectivity index (χ4v) is 6.85. The van der Waals surface area contributed by atoms with Crippen LogP contribution in [0, 0.1) is 5.92 Å². The van der Waals surface area contributed by atoms with Crippen LogP contribution in [-0.2, 0) is 14.3 Å². The number of methoxy groups -OCH3 is 2. The van der Waals surface area contributed by atoms with Gasteiger partial charge >= 0.3 is 0 Å². The van der Waals surface area contributed by atoms with Crippen LogP contribution < -0.4 is 20.1 Å². The number of benzene rings is 1. The first-order chi connectivity index (χ1) is 21.4. The molecule has 6 rings (SSSR count). The standard InChI is InChI=1S/C32H37Cl2N5O5/c1-4-21(40)8-19-14-39(20-16-43-17-20)15-25(19)37-28-10-23-18(12-35-28)9-24(38-32(23)36-13-22-6-5-7-44-22)29-30(33)26(41-2)11-27(42-3)31(29)34/h4,9-12,19-20,22,25H,1,5-8,13-17H2,2-3H3,(H,35,37)(H,36,38)/t19-,22?,25+/m0/s1. The number of allylic oxidation sites excluding steroid dienone is 1. The molecule has 12 heteroatoms. The molecule has 0 amide bonds. The van der Waals surface area contributed by atoms with Crippen molar-refractivity contribution in [3.05, 3.63) is 47.1 Å². The highest BCUT2D eigenvalue weighted by Crippen LogP contribution is 2.46. The Morgan fingerprint density at radius 1 is 1.16 bits per heavy atom. The minimum Gasteiger partial charge on any atom is -0.495 e. The lowest BCUT2D eigenvalue weighted by Gasteiger charge is -2.34. The van der Waals surface area contributed by atoms with Gasteiger partial charge in [0.2, 0.25) is 0 Å². The van der Waals surface area contributed by atoms with Crippen molar-refractivity contribution in [1.82, 2.24) is 14.9 Å². The van der Waals surface area contributed by atoms with Gasteiger partial charge in [-0.3, -0.25) is 9.69 Å². The largest absolute Gasteiger partial charge is 0.495 e. The molecule has 5 heterocycles. The van der Waals surface area contributed by atoms with Crippen LogP contribution in [0.5, 0.6) is 11.5 Å². The Hall–Kier alpha value is -3.15. The maximum Gasteiger partial charge on any atom is 0.155 e. The number of hydrogen-bond donors (Lipinski definition) is 2. The molecule has 3 atom stereocenters. The normalized spacial score (nSPS) is 22.1. The van der Waals surface area contributed by atoms with Gasteiger partial charge in [0.15, 0.2) is 5.78 Å². The van der Waals surface area contributed by atoms with Crippen LogP contribution >= 0.6 is 23.2 Å². The number of carbonyl (C=O) groups is 1. The second kappa shape index (κ2) is 13.5. The third-order valence-corrected chi connectivity index (χ3v) is 9.45. The minimum atomic E-state index is 0.0434. The molecule has 3 aliphatic heterocycles. The van der Waals surface area contributed by atoms with Gasteiger partial charge in [-0.15, -0.1) is 0 Å². The Kier molecular flexibility index (Phi) is 9.44. The van der Waals surface area contributed by atoms with Crippen LogP contribution in [0.25, 0.3) is 22.0 Å². The molecule has 1 unspecified atom stereocenters. The average Bonchev–Trinajstić information content (AvgIpc) is 3.65. The summed E-state index contributed by atoms with van der Waals surface area (Å²) in [6.45, 7) is 8.11. The molecule has 10 nitrogen and oxygen atoms in total. The van der Waals surface area contributed by atoms with Crippen LogP contribution in [0.3, 0.4) is 0 Å². The highest BCUT2D eigenvalue weighted by Gasteiger charge is 2.39. The van der Waals surface area contributed by atoms with Gasteiger partial charge < -0.3 is 29.6 Å². The van der Waals surface area contributed by atoms with Crippen LogP contribution in [0.2, 0.25) is 10.0 Å². The first-order valence-electron chi connectivity index (χ1n) is 14.9. The summed E-state index contributed by atoms with van der Waals surface area (Å²) in [7, 11) is 3.08. The lowest BCUT2D eigenvalue weighted by Crippen LogP contribution is -2.48. The zero-order chi connectivity index (χ0) is 30.8. The summed E-state index contributed by atoms with van der Waals surface area (Å²) in [6.07, 6.45) is 5.78. The highest BCUT2D eigenvalue weighted by molar-refractivity contribution is 6.41. The molecular formula is C32H37Cl2N5O5. The summed E-state index contributed by atoms with van der Waals surface area (Å²) in [5.74, 6) is 2.40. The number of hydrogen-bond acceptors (Lipinski definition) is 10. The van der Waals surface area contributed by atoms with Crippen LogP contribution in [0.15, 0.2) is 37.1 Å². The Labute approximate surface area is 267 Å². The summed E-state index contributed by atoms with van der Waals surface area (Å²) in [5, 5.41) is 9.55. The van der Waals surface area contributed by atoms with Crippen molar-refractivity contribution < 1.29 is 23.7 Å². The van der Waals surface area contributed by atoms with Crippen molar-refractivity contribution in [3.63, 3.8) is 0 Å². The maximum absolute atomic E-state index is 12.3. The molecule has 1 aromatic carbocycles. The van der Waals surface area contributed by atoms with Crippen molar-refractivity contribution >= 4 is 51.4 Å². The number of anilines is 2. The summed E-state index contributed by atoms with van der Waals surface area (Å²) < 4.78 is 22.3. The molecule has 3 fully saturated rings. The number of aromatic nitrogens is 2. The topological polar surface area (TPSA) is 107 Å². The van der Waals surface area contributed by atoms with E-state index in [4.69, 9.17) is 52.1 Å². The lowest BCUT2D eigenvalue weighted by molar-refractivity contribution is -0.115. The van der Waals surface area contributed by atoms with E-state index in [1.165, 1.54) is 6.08 Å². The molecule has 0 saturated carbocycles. The fraction of sp³-hybridized carbons (Fsp3) is 0.469. The second-order valence-electron chi connectivity index (χ2n) is 11.5. The number of likely N-dealkylation sites (tertiary alicyclic amines) is 1. The molecular weight excluding hydrogens is 605 g/mol. The van der Waals surface area contributed by atoms with Crippen molar-refractivity contribution in [2.75, 3.05) is 64.3 Å². The molecule has 3 saturated heterocycles. The van der Waals surface area contributed by atoms with Gasteiger partial charge in [-0.2, -0.15) is 0 Å². The monoisotopic (exact) mass is 641 g/mol. The molecule has 2 aromatic heterocycles. The molecule has 0 bridgehead atoms. The van der Waals surface area contributed by atoms with E-state index in [1.807, 2.05) is 18.3 Å². The Bertz CT molecular complexity index is 1520. The van der Waals surface area contributed by atoms with Crippen LogP contribution in [0.1, 0.15) is 19.3 Å². The van der Waals surface area contributed by atoms with Crippen LogP contribution in [-0.4, -0.2) is 92.5 Å². The summed E-state index contributed by atoms with van der Waals surface area (Å²) in [6, 6.07) is 6.00. The smallest absolute Gasteiger partial charge is 0.155 e. The van der Waals surface area contributed by atoms with E-state index < -0.39 is 0 Å². The second-order valence-corrected chi connectivity index (χ2v) is 12.2. The van der Waals surface area contributed by atoms with Gasteiger partial charge in [0.25, 0.3) is 0 Å². The number of pyridine rings is 2. The molecule has 3 aromatic rings. The number of nitrogens with one attached hydrogen (secondary N) is 2. The Morgan fingerprint density at radius 3 is 2.57 bits per heavy atom. The zero-order valence-corrected chi connectivity index (χ0v) is 26.4. The summed E-state index contributed by atoms with van der Waals surface area (Å²) in [4.78, 5) is 24.5. The molecule has 44 heavy (non-hydrogen) atoms. The van der Waals surface area contributed by atoms with Gasteiger partial charge in [-0.25, -0.2) is 9.97 Å². The number of fused-ring (bicyclic) bond motifs is 1. The molecule has 2 N–H and O–H groups in total. The summed E-state index contributed by atoms with van der Waals surface area (Å²) in [5.41, 5.74) is 1.06. The fourth-order valence-electron chi connectivity index (χ4n) is 6.15. The minimum absolute atomic E-state index is 0.0434. The number of ketones is 1. The number of ether oxygens (including phenoxy) is 4. The van der Waals surface area contributed by atoms with Gasteiger partial charge in [-0.1, -0.05) is 29.8 Å². The van der Waals surface area contributed by atoms with Crippen molar-refractivity contribution in [2.24, 2.45) is 5.92 Å². The SMILES string of the molecule is C=CC(=O)C[C@H]1CN(C2COC2)C[C@H]1Nc1cc2c(NCC3CCCO3)nc(-c3c(Cl)c(OC)cc(OC)c3Cl)cc2cn1. The average molecular weight is 643 g/mol. The molecule has 234 valence electrons. The van der Waals surface area contributed by atoms with E-state index >= 15 is 0 Å². The number of rotatable bonds is 12. The van der Waals surface area contributed by atoms with E-state index in [-0.39, 0.29) is 23.8 Å². The lowest BCUT2D eigenvalue weighted by atomic mass is 9.97. The van der Waals surface area contributed by atoms with Crippen LogP contribution in [0.4, 0.5) is 11.6 Å². The van der Waals surface area contributed by atoms with Gasteiger partial charge in [0.1, 0.15) is 23.1 Å².